The van der Waals surface area contributed by atoms with Crippen molar-refractivity contribution in [1.29, 1.82) is 0 Å². The Morgan fingerprint density at radius 3 is 2.80 bits per heavy atom. The SMILES string of the molecule is O=C(NCCc1nc(-c2cccc(Cl)c2)no1)C(Cc1ccccc1)n1cnnn1. The minimum Gasteiger partial charge on any atom is -0.354 e. The molecule has 4 aromatic rings. The molecule has 2 aromatic heterocycles. The number of carbonyl (C=O) groups is 1. The average Bonchev–Trinajstić information content (AvgIpc) is 3.45. The van der Waals surface area contributed by atoms with Crippen molar-refractivity contribution in [1.82, 2.24) is 35.7 Å². The van der Waals surface area contributed by atoms with E-state index in [0.717, 1.165) is 11.1 Å². The fraction of sp³-hybridized carbons (Fsp3) is 0.200. The van der Waals surface area contributed by atoms with Gasteiger partial charge in [0.05, 0.1) is 0 Å². The van der Waals surface area contributed by atoms with Gasteiger partial charge in [0.2, 0.25) is 17.6 Å². The van der Waals surface area contributed by atoms with Gasteiger partial charge in [-0.05, 0) is 28.1 Å². The van der Waals surface area contributed by atoms with Crippen LogP contribution in [-0.2, 0) is 17.6 Å². The lowest BCUT2D eigenvalue weighted by molar-refractivity contribution is -0.124. The Balaban J connectivity index is 1.37. The third kappa shape index (κ3) is 4.87. The summed E-state index contributed by atoms with van der Waals surface area (Å²) < 4.78 is 6.73. The van der Waals surface area contributed by atoms with E-state index in [4.69, 9.17) is 16.1 Å². The quantitative estimate of drug-likeness (QED) is 0.463. The molecular weight excluding hydrogens is 406 g/mol. The number of rotatable bonds is 8. The van der Waals surface area contributed by atoms with Crippen LogP contribution in [0.25, 0.3) is 11.4 Å². The number of hydrogen-bond donors (Lipinski definition) is 1. The molecule has 0 radical (unpaired) electrons. The van der Waals surface area contributed by atoms with Gasteiger partial charge < -0.3 is 9.84 Å². The first kappa shape index (κ1) is 19.7. The van der Waals surface area contributed by atoms with Crippen LogP contribution in [0.4, 0.5) is 0 Å². The number of nitrogens with one attached hydrogen (secondary N) is 1. The molecule has 0 fully saturated rings. The number of benzene rings is 2. The second kappa shape index (κ2) is 9.27. The Kier molecular flexibility index (Phi) is 6.09. The highest BCUT2D eigenvalue weighted by molar-refractivity contribution is 6.30. The first-order chi connectivity index (χ1) is 14.7. The summed E-state index contributed by atoms with van der Waals surface area (Å²) in [4.78, 5) is 17.1. The van der Waals surface area contributed by atoms with Crippen LogP contribution in [0.5, 0.6) is 0 Å². The fourth-order valence-corrected chi connectivity index (χ4v) is 3.16. The fourth-order valence-electron chi connectivity index (χ4n) is 2.97. The molecule has 1 unspecified atom stereocenters. The van der Waals surface area contributed by atoms with Gasteiger partial charge in [-0.3, -0.25) is 4.79 Å². The van der Waals surface area contributed by atoms with E-state index in [2.05, 4.69) is 31.0 Å². The van der Waals surface area contributed by atoms with E-state index in [1.807, 2.05) is 42.5 Å². The van der Waals surface area contributed by atoms with Crippen LogP contribution in [0, 0.1) is 0 Å². The number of halogens is 1. The topological polar surface area (TPSA) is 112 Å². The lowest BCUT2D eigenvalue weighted by Gasteiger charge is -2.16. The second-order valence-electron chi connectivity index (χ2n) is 6.56. The molecule has 10 heteroatoms. The maximum absolute atomic E-state index is 12.8. The van der Waals surface area contributed by atoms with Gasteiger partial charge in [-0.25, -0.2) is 4.68 Å². The van der Waals surface area contributed by atoms with Crippen LogP contribution in [-0.4, -0.2) is 42.8 Å². The van der Waals surface area contributed by atoms with E-state index >= 15 is 0 Å². The molecule has 1 atom stereocenters. The molecule has 0 aliphatic carbocycles. The highest BCUT2D eigenvalue weighted by Gasteiger charge is 2.22. The van der Waals surface area contributed by atoms with Crippen molar-refractivity contribution in [3.63, 3.8) is 0 Å². The van der Waals surface area contributed by atoms with Crippen molar-refractivity contribution in [2.24, 2.45) is 0 Å². The van der Waals surface area contributed by atoms with E-state index in [1.165, 1.54) is 11.0 Å². The van der Waals surface area contributed by atoms with Gasteiger partial charge in [0.15, 0.2) is 0 Å². The Morgan fingerprint density at radius 1 is 1.17 bits per heavy atom. The molecule has 9 nitrogen and oxygen atoms in total. The monoisotopic (exact) mass is 423 g/mol. The molecule has 2 heterocycles. The summed E-state index contributed by atoms with van der Waals surface area (Å²) in [5.41, 5.74) is 1.78. The van der Waals surface area contributed by atoms with Gasteiger partial charge in [-0.1, -0.05) is 59.2 Å². The largest absolute Gasteiger partial charge is 0.354 e. The summed E-state index contributed by atoms with van der Waals surface area (Å²) >= 11 is 6.00. The molecule has 30 heavy (non-hydrogen) atoms. The van der Waals surface area contributed by atoms with Crippen molar-refractivity contribution in [3.05, 3.63) is 77.4 Å². The minimum absolute atomic E-state index is 0.194. The minimum atomic E-state index is -0.563. The summed E-state index contributed by atoms with van der Waals surface area (Å²) in [6.07, 6.45) is 2.30. The summed E-state index contributed by atoms with van der Waals surface area (Å²) in [7, 11) is 0. The smallest absolute Gasteiger partial charge is 0.245 e. The molecule has 0 saturated heterocycles. The van der Waals surface area contributed by atoms with Crippen molar-refractivity contribution >= 4 is 17.5 Å². The third-order valence-electron chi connectivity index (χ3n) is 4.45. The molecule has 4 rings (SSSR count). The summed E-state index contributed by atoms with van der Waals surface area (Å²) in [5, 5.41) is 18.6. The standard InChI is InChI=1S/C20H18ClN7O2/c21-16-8-4-7-15(12-16)19-24-18(30-25-19)9-10-22-20(29)17(28-13-23-26-27-28)11-14-5-2-1-3-6-14/h1-8,12-13,17H,9-11H2,(H,22,29). The normalized spacial score (nSPS) is 11.9. The lowest BCUT2D eigenvalue weighted by atomic mass is 10.1. The number of nitrogens with zero attached hydrogens (tertiary/aromatic N) is 6. The summed E-state index contributed by atoms with van der Waals surface area (Å²) in [6, 6.07) is 16.3. The highest BCUT2D eigenvalue weighted by Crippen LogP contribution is 2.20. The molecule has 0 aliphatic rings. The van der Waals surface area contributed by atoms with Crippen molar-refractivity contribution in [3.8, 4) is 11.4 Å². The Morgan fingerprint density at radius 2 is 2.03 bits per heavy atom. The zero-order chi connectivity index (χ0) is 20.8. The molecular formula is C20H18ClN7O2. The van der Waals surface area contributed by atoms with E-state index in [-0.39, 0.29) is 5.91 Å². The second-order valence-corrected chi connectivity index (χ2v) is 6.99. The average molecular weight is 424 g/mol. The number of aromatic nitrogens is 6. The van der Waals surface area contributed by atoms with Crippen LogP contribution in [0.1, 0.15) is 17.5 Å². The first-order valence-electron chi connectivity index (χ1n) is 9.31. The van der Waals surface area contributed by atoms with Gasteiger partial charge >= 0.3 is 0 Å². The molecule has 1 N–H and O–H groups in total. The number of hydrogen-bond acceptors (Lipinski definition) is 7. The van der Waals surface area contributed by atoms with Crippen LogP contribution in [0.2, 0.25) is 5.02 Å². The Labute approximate surface area is 177 Å². The summed E-state index contributed by atoms with van der Waals surface area (Å²) in [6.45, 7) is 0.337. The van der Waals surface area contributed by atoms with Crippen molar-refractivity contribution in [2.45, 2.75) is 18.9 Å². The van der Waals surface area contributed by atoms with Crippen LogP contribution >= 0.6 is 11.6 Å². The number of carbonyl (C=O) groups excluding carboxylic acids is 1. The first-order valence-corrected chi connectivity index (χ1v) is 9.69. The zero-order valence-electron chi connectivity index (χ0n) is 15.8. The van der Waals surface area contributed by atoms with Crippen LogP contribution in [0.15, 0.2) is 65.4 Å². The Bertz CT molecular complexity index is 1100. The third-order valence-corrected chi connectivity index (χ3v) is 4.68. The van der Waals surface area contributed by atoms with E-state index in [1.54, 1.807) is 12.1 Å². The van der Waals surface area contributed by atoms with Crippen molar-refractivity contribution < 1.29 is 9.32 Å². The van der Waals surface area contributed by atoms with E-state index in [9.17, 15) is 4.79 Å². The Hall–Kier alpha value is -3.59. The highest BCUT2D eigenvalue weighted by atomic mass is 35.5. The summed E-state index contributed by atoms with van der Waals surface area (Å²) in [5.74, 6) is 0.683. The maximum atomic E-state index is 12.8. The van der Waals surface area contributed by atoms with Gasteiger partial charge in [0.25, 0.3) is 0 Å². The lowest BCUT2D eigenvalue weighted by Crippen LogP contribution is -2.35. The molecule has 152 valence electrons. The van der Waals surface area contributed by atoms with Gasteiger partial charge in [0, 0.05) is 30.0 Å². The molecule has 2 aromatic carbocycles. The van der Waals surface area contributed by atoms with Gasteiger partial charge in [0.1, 0.15) is 12.4 Å². The molecule has 0 saturated carbocycles. The molecule has 1 amide bonds. The van der Waals surface area contributed by atoms with Gasteiger partial charge in [-0.15, -0.1) is 5.10 Å². The number of tetrazole rings is 1. The van der Waals surface area contributed by atoms with Crippen LogP contribution in [0.3, 0.4) is 0 Å². The number of amides is 1. The molecule has 0 spiro atoms. The predicted molar refractivity (Wildman–Crippen MR) is 108 cm³/mol. The predicted octanol–water partition coefficient (Wildman–Crippen LogP) is 2.52. The van der Waals surface area contributed by atoms with Gasteiger partial charge in [-0.2, -0.15) is 4.98 Å². The zero-order valence-corrected chi connectivity index (χ0v) is 16.6. The maximum Gasteiger partial charge on any atom is 0.245 e. The van der Waals surface area contributed by atoms with Crippen LogP contribution < -0.4 is 5.32 Å². The van der Waals surface area contributed by atoms with E-state index < -0.39 is 6.04 Å². The van der Waals surface area contributed by atoms with Crippen molar-refractivity contribution in [2.75, 3.05) is 6.54 Å². The molecule has 0 aliphatic heterocycles. The molecule has 0 bridgehead atoms. The van der Waals surface area contributed by atoms with E-state index in [0.29, 0.717) is 36.1 Å².